The summed E-state index contributed by atoms with van der Waals surface area (Å²) in [5, 5.41) is 9.57. The van der Waals surface area contributed by atoms with Crippen molar-refractivity contribution in [2.75, 3.05) is 6.61 Å². The monoisotopic (exact) mass is 255 g/mol. The van der Waals surface area contributed by atoms with Crippen molar-refractivity contribution >= 4 is 23.2 Å². The molecule has 84 valence electrons. The average molecular weight is 256 g/mol. The van der Waals surface area contributed by atoms with E-state index in [1.165, 1.54) is 12.0 Å². The third-order valence-corrected chi connectivity index (χ3v) is 3.45. The van der Waals surface area contributed by atoms with Crippen LogP contribution in [0.4, 0.5) is 0 Å². The van der Waals surface area contributed by atoms with Crippen molar-refractivity contribution in [3.63, 3.8) is 0 Å². The second-order valence-corrected chi connectivity index (χ2v) is 4.58. The van der Waals surface area contributed by atoms with Gasteiger partial charge in [-0.3, -0.25) is 0 Å². The van der Waals surface area contributed by atoms with Crippen molar-refractivity contribution in [3.05, 3.63) is 27.2 Å². The van der Waals surface area contributed by atoms with E-state index in [0.717, 1.165) is 24.8 Å². The Balaban J connectivity index is 2.42. The summed E-state index contributed by atoms with van der Waals surface area (Å²) in [6.07, 6.45) is 4.31. The van der Waals surface area contributed by atoms with E-state index < -0.39 is 0 Å². The highest BCUT2D eigenvalue weighted by molar-refractivity contribution is 6.37. The van der Waals surface area contributed by atoms with E-state index in [0.29, 0.717) is 15.8 Å². The number of ether oxygens (including phenoxy) is 1. The first-order valence-electron chi connectivity index (χ1n) is 5.23. The molecule has 0 spiro atoms. The van der Waals surface area contributed by atoms with Crippen molar-refractivity contribution in [3.8, 4) is 11.8 Å². The van der Waals surface area contributed by atoms with Gasteiger partial charge >= 0.3 is 0 Å². The second-order valence-electron chi connectivity index (χ2n) is 3.79. The summed E-state index contributed by atoms with van der Waals surface area (Å²) in [7, 11) is 0. The molecule has 0 saturated heterocycles. The molecule has 0 aliphatic heterocycles. The fraction of sp³-hybridized carbons (Fsp3) is 0.417. The minimum Gasteiger partial charge on any atom is -0.476 e. The summed E-state index contributed by atoms with van der Waals surface area (Å²) < 4.78 is 5.26. The van der Waals surface area contributed by atoms with Crippen LogP contribution in [0.25, 0.3) is 0 Å². The van der Waals surface area contributed by atoms with Gasteiger partial charge in [-0.25, -0.2) is 0 Å². The van der Waals surface area contributed by atoms with E-state index in [-0.39, 0.29) is 6.61 Å². The lowest BCUT2D eigenvalue weighted by Gasteiger charge is -2.19. The Morgan fingerprint density at radius 2 is 2.06 bits per heavy atom. The summed E-state index contributed by atoms with van der Waals surface area (Å²) in [4.78, 5) is 0. The van der Waals surface area contributed by atoms with Gasteiger partial charge in [0.25, 0.3) is 0 Å². The molecular weight excluding hydrogens is 245 g/mol. The van der Waals surface area contributed by atoms with Gasteiger partial charge in [0, 0.05) is 0 Å². The molecule has 1 aliphatic carbocycles. The minimum atomic E-state index is -0.0295. The van der Waals surface area contributed by atoms with Crippen LogP contribution in [0.3, 0.4) is 0 Å². The molecule has 1 aliphatic rings. The zero-order valence-electron chi connectivity index (χ0n) is 8.72. The maximum Gasteiger partial charge on any atom is 0.174 e. The summed E-state index contributed by atoms with van der Waals surface area (Å²) in [5.74, 6) is 0.450. The fourth-order valence-corrected chi connectivity index (χ4v) is 2.74. The number of rotatable bonds is 2. The molecule has 0 N–H and O–H groups in total. The Morgan fingerprint density at radius 3 is 2.81 bits per heavy atom. The molecule has 0 fully saturated rings. The minimum absolute atomic E-state index is 0.0295. The summed E-state index contributed by atoms with van der Waals surface area (Å²) >= 11 is 12.3. The number of aryl methyl sites for hydroxylation is 1. The average Bonchev–Trinajstić information content (AvgIpc) is 2.29. The van der Waals surface area contributed by atoms with E-state index in [4.69, 9.17) is 33.2 Å². The van der Waals surface area contributed by atoms with Gasteiger partial charge in [-0.15, -0.1) is 0 Å². The molecule has 0 bridgehead atoms. The Kier molecular flexibility index (Phi) is 3.58. The van der Waals surface area contributed by atoms with E-state index >= 15 is 0 Å². The Labute approximate surface area is 105 Å². The van der Waals surface area contributed by atoms with Gasteiger partial charge in [0.05, 0.1) is 10.0 Å². The van der Waals surface area contributed by atoms with Crippen molar-refractivity contribution < 1.29 is 4.74 Å². The van der Waals surface area contributed by atoms with Gasteiger partial charge in [-0.05, 0) is 42.9 Å². The van der Waals surface area contributed by atoms with E-state index in [1.807, 2.05) is 12.1 Å². The van der Waals surface area contributed by atoms with Crippen molar-refractivity contribution in [2.24, 2.45) is 0 Å². The molecule has 0 aromatic heterocycles. The molecule has 0 heterocycles. The van der Waals surface area contributed by atoms with Gasteiger partial charge in [-0.1, -0.05) is 23.2 Å². The van der Waals surface area contributed by atoms with E-state index in [1.54, 1.807) is 0 Å². The topological polar surface area (TPSA) is 33.0 Å². The molecule has 4 heteroatoms. The zero-order chi connectivity index (χ0) is 11.5. The van der Waals surface area contributed by atoms with Crippen LogP contribution in [-0.2, 0) is 12.8 Å². The lowest BCUT2D eigenvalue weighted by molar-refractivity contribution is 0.368. The zero-order valence-corrected chi connectivity index (χ0v) is 10.2. The lowest BCUT2D eigenvalue weighted by Crippen LogP contribution is -2.06. The number of nitriles is 1. The first kappa shape index (κ1) is 11.6. The van der Waals surface area contributed by atoms with Crippen LogP contribution < -0.4 is 4.74 Å². The quantitative estimate of drug-likeness (QED) is 0.806. The summed E-state index contributed by atoms with van der Waals surface area (Å²) in [5.41, 5.74) is 2.34. The number of halogens is 2. The molecule has 0 amide bonds. The van der Waals surface area contributed by atoms with E-state index in [2.05, 4.69) is 0 Å². The van der Waals surface area contributed by atoms with Crippen LogP contribution >= 0.6 is 23.2 Å². The Morgan fingerprint density at radius 1 is 1.31 bits per heavy atom. The standard InChI is InChI=1S/C12H11Cl2NO/c13-10-7-8-3-1-2-4-9(8)11(14)12(10)16-6-5-15/h7H,1-4,6H2. The third kappa shape index (κ3) is 2.11. The van der Waals surface area contributed by atoms with Crippen LogP contribution in [0.2, 0.25) is 10.0 Å². The smallest absolute Gasteiger partial charge is 0.174 e. The molecule has 0 unspecified atom stereocenters. The van der Waals surface area contributed by atoms with Gasteiger partial charge < -0.3 is 4.74 Å². The molecule has 0 radical (unpaired) electrons. The maximum absolute atomic E-state index is 8.49. The van der Waals surface area contributed by atoms with Gasteiger partial charge in [0.15, 0.2) is 12.4 Å². The van der Waals surface area contributed by atoms with Crippen LogP contribution in [0, 0.1) is 11.3 Å². The summed E-state index contributed by atoms with van der Waals surface area (Å²) in [6.45, 7) is -0.0295. The fourth-order valence-electron chi connectivity index (χ4n) is 2.04. The van der Waals surface area contributed by atoms with Gasteiger partial charge in [0.2, 0.25) is 0 Å². The van der Waals surface area contributed by atoms with Crippen LogP contribution in [0.15, 0.2) is 6.07 Å². The molecule has 1 aromatic carbocycles. The number of nitrogens with zero attached hydrogens (tertiary/aromatic N) is 1. The van der Waals surface area contributed by atoms with Crippen LogP contribution in [0.5, 0.6) is 5.75 Å². The molecule has 0 atom stereocenters. The van der Waals surface area contributed by atoms with Crippen molar-refractivity contribution in [1.29, 1.82) is 5.26 Å². The normalized spacial score (nSPS) is 14.1. The lowest BCUT2D eigenvalue weighted by atomic mass is 9.91. The number of fused-ring (bicyclic) bond motifs is 1. The third-order valence-electron chi connectivity index (χ3n) is 2.77. The molecular formula is C12H11Cl2NO. The predicted octanol–water partition coefficient (Wildman–Crippen LogP) is 3.77. The number of hydrogen-bond donors (Lipinski definition) is 0. The SMILES string of the molecule is N#CCOc1c(Cl)cc2c(c1Cl)CCCC2. The van der Waals surface area contributed by atoms with Crippen molar-refractivity contribution in [2.45, 2.75) is 25.7 Å². The molecule has 2 rings (SSSR count). The number of benzene rings is 1. The van der Waals surface area contributed by atoms with Crippen molar-refractivity contribution in [1.82, 2.24) is 0 Å². The first-order chi connectivity index (χ1) is 7.74. The van der Waals surface area contributed by atoms with Crippen LogP contribution in [0.1, 0.15) is 24.0 Å². The van der Waals surface area contributed by atoms with Gasteiger partial charge in [0.1, 0.15) is 6.07 Å². The molecule has 1 aromatic rings. The largest absolute Gasteiger partial charge is 0.476 e. The molecule has 2 nitrogen and oxygen atoms in total. The molecule has 0 saturated carbocycles. The maximum atomic E-state index is 8.49. The first-order valence-corrected chi connectivity index (χ1v) is 5.99. The number of hydrogen-bond acceptors (Lipinski definition) is 2. The van der Waals surface area contributed by atoms with Crippen LogP contribution in [-0.4, -0.2) is 6.61 Å². The highest BCUT2D eigenvalue weighted by Gasteiger charge is 2.19. The molecule has 16 heavy (non-hydrogen) atoms. The second kappa shape index (κ2) is 4.95. The highest BCUT2D eigenvalue weighted by Crippen LogP contribution is 2.40. The summed E-state index contributed by atoms with van der Waals surface area (Å²) in [6, 6.07) is 3.82. The highest BCUT2D eigenvalue weighted by atomic mass is 35.5. The predicted molar refractivity (Wildman–Crippen MR) is 64.2 cm³/mol. The Bertz CT molecular complexity index is 451. The van der Waals surface area contributed by atoms with E-state index in [9.17, 15) is 0 Å². The van der Waals surface area contributed by atoms with Gasteiger partial charge in [-0.2, -0.15) is 5.26 Å². The Hall–Kier alpha value is -0.910.